The Bertz CT molecular complexity index is 112. The zero-order chi connectivity index (χ0) is 7.21. The van der Waals surface area contributed by atoms with E-state index < -0.39 is 6.95 Å². The van der Waals surface area contributed by atoms with Gasteiger partial charge in [0.05, 0.1) is 0 Å². The lowest BCUT2D eigenvalue weighted by Gasteiger charge is -1.80. The van der Waals surface area contributed by atoms with E-state index in [1.807, 2.05) is 0 Å². The summed E-state index contributed by atoms with van der Waals surface area (Å²) in [6.45, 7) is 2.08. The van der Waals surface area contributed by atoms with Gasteiger partial charge >= 0.3 is 6.95 Å². The van der Waals surface area contributed by atoms with E-state index in [0.29, 0.717) is 0 Å². The second kappa shape index (κ2) is 5.10. The molecule has 0 saturated heterocycles. The van der Waals surface area contributed by atoms with Crippen LogP contribution in [-0.4, -0.2) is 9.79 Å². The molecule has 0 aromatic heterocycles. The highest BCUT2D eigenvalue weighted by Gasteiger charge is 2.01. The lowest BCUT2D eigenvalue weighted by atomic mass is 11.0. The average molecular weight is 157 g/mol. The first-order valence-electron chi connectivity index (χ1n) is 1.46. The molecule has 0 aliphatic carbocycles. The summed E-state index contributed by atoms with van der Waals surface area (Å²) in [7, 11) is 0. The molecule has 0 bridgehead atoms. The summed E-state index contributed by atoms with van der Waals surface area (Å²) < 4.78 is 9.09. The van der Waals surface area contributed by atoms with Gasteiger partial charge in [-0.1, -0.05) is 13.2 Å². The number of hydrogen-bond donors (Lipinski definition) is 2. The van der Waals surface area contributed by atoms with Crippen LogP contribution in [0.1, 0.15) is 0 Å². The van der Waals surface area contributed by atoms with E-state index in [9.17, 15) is 0 Å². The predicted molar refractivity (Wildman–Crippen MR) is 32.7 cm³/mol. The van der Waals surface area contributed by atoms with Crippen LogP contribution in [0.3, 0.4) is 0 Å². The molecular weight excluding hydrogens is 150 g/mol. The molecule has 0 aliphatic heterocycles. The largest absolute Gasteiger partial charge is 0.419 e. The van der Waals surface area contributed by atoms with Crippen molar-refractivity contribution in [1.29, 1.82) is 0 Å². The van der Waals surface area contributed by atoms with Gasteiger partial charge in [0.1, 0.15) is 0 Å². The fourth-order valence-electron chi connectivity index (χ4n) is 0. The Hall–Kier alpha value is -0.0400. The maximum atomic E-state index is 9.09. The average Bonchev–Trinajstić information content (AvgIpc) is 1.27. The molecule has 0 radical (unpaired) electrons. The van der Waals surface area contributed by atoms with E-state index in [0.717, 1.165) is 0 Å². The highest BCUT2D eigenvalue weighted by atomic mass is 35.7. The molecule has 0 heterocycles. The Morgan fingerprint density at radius 3 is 1.50 bits per heavy atom. The molecule has 3 nitrogen and oxygen atoms in total. The third kappa shape index (κ3) is 91600. The molecule has 0 aromatic carbocycles. The number of halogens is 1. The molecule has 5 heteroatoms. The predicted octanol–water partition coefficient (Wildman–Crippen LogP) is 1.28. The van der Waals surface area contributed by atoms with Gasteiger partial charge in [-0.2, -0.15) is 0 Å². The Morgan fingerprint density at radius 2 is 1.50 bits per heavy atom. The number of hydrogen-bond acceptors (Lipinski definition) is 1. The van der Waals surface area contributed by atoms with Gasteiger partial charge in [0.15, 0.2) is 0 Å². The zero-order valence-corrected chi connectivity index (χ0v) is 5.69. The van der Waals surface area contributed by atoms with E-state index in [2.05, 4.69) is 30.1 Å². The van der Waals surface area contributed by atoms with Crippen molar-refractivity contribution < 1.29 is 14.4 Å². The van der Waals surface area contributed by atoms with Crippen LogP contribution in [0.2, 0.25) is 0 Å². The normalized spacial score (nSPS) is 8.38. The molecular formula is C3H6ClO3P. The lowest BCUT2D eigenvalue weighted by molar-refractivity contribution is 0.395. The molecule has 0 spiro atoms. The first-order chi connectivity index (χ1) is 3.41. The molecule has 0 aromatic rings. The summed E-state index contributed by atoms with van der Waals surface area (Å²) in [6, 6.07) is 0. The van der Waals surface area contributed by atoms with Gasteiger partial charge in [-0.25, -0.2) is 4.57 Å². The van der Waals surface area contributed by atoms with Crippen LogP contribution in [0.25, 0.3) is 0 Å². The highest BCUT2D eigenvalue weighted by molar-refractivity contribution is 7.79. The van der Waals surface area contributed by atoms with Crippen LogP contribution in [0, 0.1) is 0 Å². The topological polar surface area (TPSA) is 57.5 Å². The van der Waals surface area contributed by atoms with Gasteiger partial charge in [0.25, 0.3) is 0 Å². The second-order valence-electron chi connectivity index (χ2n) is 0.723. The molecule has 0 amide bonds. The Kier molecular flexibility index (Phi) is 6.93. The minimum atomic E-state index is -4.17. The molecule has 0 unspecified atom stereocenters. The smallest absolute Gasteiger partial charge is 0.313 e. The molecule has 0 fully saturated rings. The first-order valence-corrected chi connectivity index (χ1v) is 3.98. The quantitative estimate of drug-likeness (QED) is 0.410. The maximum Gasteiger partial charge on any atom is 0.419 e. The van der Waals surface area contributed by atoms with Crippen molar-refractivity contribution in [2.75, 3.05) is 0 Å². The summed E-state index contributed by atoms with van der Waals surface area (Å²) in [6.07, 6.45) is 0. The van der Waals surface area contributed by atoms with Crippen LogP contribution in [-0.2, 0) is 4.57 Å². The van der Waals surface area contributed by atoms with Crippen LogP contribution in [0.4, 0.5) is 0 Å². The standard InChI is InChI=1S/C3H4.ClH2O3P/c1-3-2;1-5(2,3)4/h1-2H2;(H2,2,3,4). The van der Waals surface area contributed by atoms with Crippen molar-refractivity contribution in [3.63, 3.8) is 0 Å². The summed E-state index contributed by atoms with van der Waals surface area (Å²) in [5.41, 5.74) is 2.25. The fourth-order valence-corrected chi connectivity index (χ4v) is 0. The van der Waals surface area contributed by atoms with Crippen molar-refractivity contribution in [2.45, 2.75) is 0 Å². The first kappa shape index (κ1) is 10.9. The Balaban J connectivity index is 0. The Morgan fingerprint density at radius 1 is 1.50 bits per heavy atom. The van der Waals surface area contributed by atoms with E-state index in [1.54, 1.807) is 0 Å². The Labute approximate surface area is 52.2 Å². The van der Waals surface area contributed by atoms with Gasteiger partial charge in [-0.3, -0.25) is 0 Å². The van der Waals surface area contributed by atoms with Crippen molar-refractivity contribution in [3.05, 3.63) is 18.9 Å². The maximum absolute atomic E-state index is 9.09. The van der Waals surface area contributed by atoms with Crippen molar-refractivity contribution >= 4 is 18.2 Å². The van der Waals surface area contributed by atoms with Gasteiger partial charge in [-0.15, -0.1) is 5.73 Å². The monoisotopic (exact) mass is 156 g/mol. The van der Waals surface area contributed by atoms with Gasteiger partial charge in [0, 0.05) is 11.2 Å². The molecule has 2 N–H and O–H groups in total. The van der Waals surface area contributed by atoms with Crippen LogP contribution >= 0.6 is 18.2 Å². The van der Waals surface area contributed by atoms with E-state index in [1.165, 1.54) is 0 Å². The van der Waals surface area contributed by atoms with Crippen LogP contribution in [0.5, 0.6) is 0 Å². The third-order valence-corrected chi connectivity index (χ3v) is 0. The van der Waals surface area contributed by atoms with E-state index >= 15 is 0 Å². The van der Waals surface area contributed by atoms with E-state index in [-0.39, 0.29) is 0 Å². The van der Waals surface area contributed by atoms with Gasteiger partial charge in [0.2, 0.25) is 0 Å². The molecule has 48 valence electrons. The number of rotatable bonds is 0. The summed E-state index contributed by atoms with van der Waals surface area (Å²) in [5, 5.41) is 0. The SMILES string of the molecule is C=C=C.O=P(O)(O)Cl. The van der Waals surface area contributed by atoms with Gasteiger partial charge < -0.3 is 9.79 Å². The van der Waals surface area contributed by atoms with Crippen molar-refractivity contribution in [1.82, 2.24) is 0 Å². The summed E-state index contributed by atoms with van der Waals surface area (Å²) >= 11 is 4.20. The third-order valence-electron chi connectivity index (χ3n) is 0. The summed E-state index contributed by atoms with van der Waals surface area (Å²) in [4.78, 5) is 14.8. The fraction of sp³-hybridized carbons (Fsp3) is 0. The van der Waals surface area contributed by atoms with Crippen LogP contribution < -0.4 is 0 Å². The molecule has 0 rings (SSSR count). The van der Waals surface area contributed by atoms with Crippen molar-refractivity contribution in [3.8, 4) is 0 Å². The van der Waals surface area contributed by atoms with Gasteiger partial charge in [-0.05, 0) is 0 Å². The highest BCUT2D eigenvalue weighted by Crippen LogP contribution is 2.39. The van der Waals surface area contributed by atoms with Crippen LogP contribution in [0.15, 0.2) is 18.9 Å². The van der Waals surface area contributed by atoms with Crippen molar-refractivity contribution in [2.24, 2.45) is 0 Å². The molecule has 0 aliphatic rings. The zero-order valence-electron chi connectivity index (χ0n) is 4.04. The van der Waals surface area contributed by atoms with E-state index in [4.69, 9.17) is 14.4 Å². The molecule has 0 saturated carbocycles. The minimum Gasteiger partial charge on any atom is -0.313 e. The lowest BCUT2D eigenvalue weighted by Crippen LogP contribution is -1.54. The second-order valence-corrected chi connectivity index (χ2v) is 2.99. The minimum absolute atomic E-state index is 2.25. The molecule has 0 atom stereocenters. The molecule has 8 heavy (non-hydrogen) atoms. The summed E-state index contributed by atoms with van der Waals surface area (Å²) in [5.74, 6) is 0.